The Morgan fingerprint density at radius 1 is 1.43 bits per heavy atom. The number of rotatable bonds is 5. The summed E-state index contributed by atoms with van der Waals surface area (Å²) in [5.74, 6) is -0.0886. The van der Waals surface area contributed by atoms with Crippen LogP contribution in [0.4, 0.5) is 0 Å². The van der Waals surface area contributed by atoms with Crippen LogP contribution in [0.3, 0.4) is 0 Å². The van der Waals surface area contributed by atoms with Crippen molar-refractivity contribution in [1.82, 2.24) is 13.9 Å². The predicted molar refractivity (Wildman–Crippen MR) is 76.4 cm³/mol. The lowest BCUT2D eigenvalue weighted by atomic mass is 9.95. The smallest absolute Gasteiger partial charge is 0.303 e. The van der Waals surface area contributed by atoms with Gasteiger partial charge in [-0.15, -0.1) is 0 Å². The van der Waals surface area contributed by atoms with E-state index in [1.54, 1.807) is 17.7 Å². The monoisotopic (exact) mass is 315 g/mol. The summed E-state index contributed by atoms with van der Waals surface area (Å²) in [7, 11) is -3.57. The largest absolute Gasteiger partial charge is 0.481 e. The van der Waals surface area contributed by atoms with Crippen molar-refractivity contribution >= 4 is 16.0 Å². The first-order valence-corrected chi connectivity index (χ1v) is 8.54. The van der Waals surface area contributed by atoms with E-state index in [-0.39, 0.29) is 17.4 Å². The second-order valence-corrected chi connectivity index (χ2v) is 7.24. The van der Waals surface area contributed by atoms with Crippen LogP contribution < -0.4 is 0 Å². The molecule has 1 fully saturated rings. The molecule has 1 aromatic heterocycles. The highest BCUT2D eigenvalue weighted by molar-refractivity contribution is 7.89. The molecular formula is C13H21N3O4S. The Morgan fingerprint density at radius 3 is 2.52 bits per heavy atom. The second kappa shape index (κ2) is 6.15. The fraction of sp³-hybridized carbons (Fsp3) is 0.692. The normalized spacial score (nSPS) is 18.0. The minimum absolute atomic E-state index is 0.0592. The molecule has 0 aliphatic carbocycles. The summed E-state index contributed by atoms with van der Waals surface area (Å²) in [5.41, 5.74) is 0. The van der Waals surface area contributed by atoms with Crippen molar-refractivity contribution in [3.63, 3.8) is 0 Å². The van der Waals surface area contributed by atoms with Crippen LogP contribution in [0.1, 0.15) is 32.0 Å². The number of imidazole rings is 1. The van der Waals surface area contributed by atoms with Gasteiger partial charge in [-0.05, 0) is 32.6 Å². The Labute approximate surface area is 124 Å². The molecule has 0 radical (unpaired) electrons. The van der Waals surface area contributed by atoms with Crippen LogP contribution in [0.25, 0.3) is 0 Å². The molecule has 21 heavy (non-hydrogen) atoms. The molecule has 2 rings (SSSR count). The summed E-state index contributed by atoms with van der Waals surface area (Å²) in [6, 6.07) is 0. The summed E-state index contributed by atoms with van der Waals surface area (Å²) in [4.78, 5) is 14.8. The maximum Gasteiger partial charge on any atom is 0.303 e. The van der Waals surface area contributed by atoms with Crippen LogP contribution in [0.15, 0.2) is 11.2 Å². The van der Waals surface area contributed by atoms with E-state index in [0.717, 1.165) is 0 Å². The van der Waals surface area contributed by atoms with Gasteiger partial charge in [0.25, 0.3) is 10.0 Å². The lowest BCUT2D eigenvalue weighted by molar-refractivity contribution is -0.138. The third-order valence-electron chi connectivity index (χ3n) is 3.94. The number of hydrogen-bond acceptors (Lipinski definition) is 4. The van der Waals surface area contributed by atoms with Gasteiger partial charge in [-0.2, -0.15) is 4.31 Å². The number of carboxylic acids is 1. The molecular weight excluding hydrogens is 294 g/mol. The van der Waals surface area contributed by atoms with Crippen LogP contribution in [0.2, 0.25) is 0 Å². The Kier molecular flexibility index (Phi) is 4.67. The van der Waals surface area contributed by atoms with E-state index < -0.39 is 16.0 Å². The summed E-state index contributed by atoms with van der Waals surface area (Å²) in [6.07, 6.45) is 2.84. The number of carboxylic acid groups (broad SMARTS) is 1. The summed E-state index contributed by atoms with van der Waals surface area (Å²) in [6.45, 7) is 5.11. The first-order chi connectivity index (χ1) is 9.84. The van der Waals surface area contributed by atoms with E-state index in [1.807, 2.05) is 6.92 Å². The molecule has 1 aliphatic heterocycles. The van der Waals surface area contributed by atoms with Crippen LogP contribution in [0, 0.1) is 12.8 Å². The molecule has 1 N–H and O–H groups in total. The Morgan fingerprint density at radius 2 is 2.05 bits per heavy atom. The molecule has 1 aliphatic rings. The van der Waals surface area contributed by atoms with Gasteiger partial charge < -0.3 is 9.67 Å². The van der Waals surface area contributed by atoms with E-state index >= 15 is 0 Å². The minimum Gasteiger partial charge on any atom is -0.481 e. The SMILES string of the molecule is CCn1cc(S(=O)(=O)N2CCC(CC(=O)O)CC2)nc1C. The zero-order valence-corrected chi connectivity index (χ0v) is 13.1. The van der Waals surface area contributed by atoms with Crippen LogP contribution in [-0.4, -0.2) is 46.4 Å². The van der Waals surface area contributed by atoms with Gasteiger partial charge in [0, 0.05) is 32.3 Å². The molecule has 0 saturated carbocycles. The predicted octanol–water partition coefficient (Wildman–Crippen LogP) is 1.09. The van der Waals surface area contributed by atoms with Crippen molar-refractivity contribution in [2.45, 2.75) is 44.7 Å². The number of nitrogens with zero attached hydrogens (tertiary/aromatic N) is 3. The first kappa shape index (κ1) is 16.0. The molecule has 7 nitrogen and oxygen atoms in total. The Bertz CT molecular complexity index is 615. The van der Waals surface area contributed by atoms with Gasteiger partial charge in [0.05, 0.1) is 0 Å². The standard InChI is InChI=1S/C13H21N3O4S/c1-3-15-9-12(14-10(15)2)21(19,20)16-6-4-11(5-7-16)8-13(17)18/h9,11H,3-8H2,1-2H3,(H,17,18). The van der Waals surface area contributed by atoms with Crippen LogP contribution in [-0.2, 0) is 21.4 Å². The first-order valence-electron chi connectivity index (χ1n) is 7.10. The number of carbonyl (C=O) groups is 1. The van der Waals surface area contributed by atoms with Crippen molar-refractivity contribution in [2.24, 2.45) is 5.92 Å². The maximum atomic E-state index is 12.5. The molecule has 0 aromatic carbocycles. The average molecular weight is 315 g/mol. The highest BCUT2D eigenvalue weighted by Gasteiger charge is 2.31. The second-order valence-electron chi connectivity index (χ2n) is 5.36. The minimum atomic E-state index is -3.57. The molecule has 8 heteroatoms. The Balaban J connectivity index is 2.09. The number of aromatic nitrogens is 2. The zero-order valence-electron chi connectivity index (χ0n) is 12.3. The lowest BCUT2D eigenvalue weighted by Crippen LogP contribution is -2.39. The van der Waals surface area contributed by atoms with Gasteiger partial charge in [0.2, 0.25) is 0 Å². The van der Waals surface area contributed by atoms with Gasteiger partial charge in [-0.1, -0.05) is 0 Å². The van der Waals surface area contributed by atoms with Gasteiger partial charge in [0.1, 0.15) is 5.82 Å². The molecule has 0 amide bonds. The van der Waals surface area contributed by atoms with Gasteiger partial charge in [0.15, 0.2) is 5.03 Å². The van der Waals surface area contributed by atoms with E-state index in [1.165, 1.54) is 4.31 Å². The molecule has 0 spiro atoms. The quantitative estimate of drug-likeness (QED) is 0.878. The van der Waals surface area contributed by atoms with Crippen LogP contribution in [0.5, 0.6) is 0 Å². The van der Waals surface area contributed by atoms with E-state index in [9.17, 15) is 13.2 Å². The summed E-state index contributed by atoms with van der Waals surface area (Å²) in [5, 5.41) is 8.87. The average Bonchev–Trinajstić information content (AvgIpc) is 2.80. The van der Waals surface area contributed by atoms with Crippen molar-refractivity contribution < 1.29 is 18.3 Å². The number of hydrogen-bond donors (Lipinski definition) is 1. The van der Waals surface area contributed by atoms with Crippen molar-refractivity contribution in [3.05, 3.63) is 12.0 Å². The fourth-order valence-corrected chi connectivity index (χ4v) is 4.12. The van der Waals surface area contributed by atoms with Gasteiger partial charge >= 0.3 is 5.97 Å². The summed E-state index contributed by atoms with van der Waals surface area (Å²) < 4.78 is 28.3. The molecule has 1 aromatic rings. The van der Waals surface area contributed by atoms with E-state index in [0.29, 0.717) is 38.3 Å². The highest BCUT2D eigenvalue weighted by atomic mass is 32.2. The van der Waals surface area contributed by atoms with E-state index in [4.69, 9.17) is 5.11 Å². The van der Waals surface area contributed by atoms with Crippen molar-refractivity contribution in [3.8, 4) is 0 Å². The number of piperidine rings is 1. The molecule has 1 saturated heterocycles. The third-order valence-corrected chi connectivity index (χ3v) is 5.71. The van der Waals surface area contributed by atoms with Crippen molar-refractivity contribution in [2.75, 3.05) is 13.1 Å². The topological polar surface area (TPSA) is 92.5 Å². The number of aliphatic carboxylic acids is 1. The highest BCUT2D eigenvalue weighted by Crippen LogP contribution is 2.25. The fourth-order valence-electron chi connectivity index (χ4n) is 2.66. The molecule has 118 valence electrons. The number of aryl methyl sites for hydroxylation is 2. The van der Waals surface area contributed by atoms with Crippen molar-refractivity contribution in [1.29, 1.82) is 0 Å². The maximum absolute atomic E-state index is 12.5. The van der Waals surface area contributed by atoms with Gasteiger partial charge in [-0.3, -0.25) is 4.79 Å². The zero-order chi connectivity index (χ0) is 15.6. The van der Waals surface area contributed by atoms with Gasteiger partial charge in [-0.25, -0.2) is 13.4 Å². The Hall–Kier alpha value is -1.41. The third kappa shape index (κ3) is 3.44. The van der Waals surface area contributed by atoms with Crippen LogP contribution >= 0.6 is 0 Å². The summed E-state index contributed by atoms with van der Waals surface area (Å²) >= 11 is 0. The molecule has 0 bridgehead atoms. The number of sulfonamides is 1. The molecule has 2 heterocycles. The molecule has 0 atom stereocenters. The lowest BCUT2D eigenvalue weighted by Gasteiger charge is -2.29. The van der Waals surface area contributed by atoms with E-state index in [2.05, 4.69) is 4.98 Å². The molecule has 0 unspecified atom stereocenters.